The fourth-order valence-electron chi connectivity index (χ4n) is 5.30. The Kier molecular flexibility index (Phi) is 8.86. The van der Waals surface area contributed by atoms with Gasteiger partial charge in [-0.15, -0.1) is 11.3 Å². The van der Waals surface area contributed by atoms with Gasteiger partial charge in [0.25, 0.3) is 5.19 Å². The number of ketones is 1. The average Bonchev–Trinajstić information content (AvgIpc) is 3.36. The molecule has 1 fully saturated rings. The number of thiazole rings is 2. The van der Waals surface area contributed by atoms with Gasteiger partial charge in [-0.2, -0.15) is 13.2 Å². The predicted octanol–water partition coefficient (Wildman–Crippen LogP) is 6.21. The van der Waals surface area contributed by atoms with E-state index in [0.717, 1.165) is 65.8 Å². The van der Waals surface area contributed by atoms with E-state index in [-0.39, 0.29) is 11.1 Å². The highest BCUT2D eigenvalue weighted by atomic mass is 32.1. The topological polar surface area (TPSA) is 55.3 Å². The molecule has 1 unspecified atom stereocenters. The number of nitrogens with zero attached hydrogens (tertiary/aromatic N) is 3. The van der Waals surface area contributed by atoms with Crippen LogP contribution in [0.25, 0.3) is 0 Å². The van der Waals surface area contributed by atoms with E-state index in [1.54, 1.807) is 11.3 Å². The standard InChI is InChI=1S/C25H34F3N3O2S2/c1-16-14-31(10-8-22-23(16)30-24(35-22)33-15-25(26,27)28)9-7-18-3-5-19(6-4-18)11-20(32)12-21-13-29-17(2)34-21/h13,16,18-19H,3-12,14-15H2,1-2H3. The number of fused-ring (bicyclic) bond motifs is 1. The zero-order valence-corrected chi connectivity index (χ0v) is 22.0. The van der Waals surface area contributed by atoms with Crippen molar-refractivity contribution in [1.29, 1.82) is 0 Å². The Morgan fingerprint density at radius 1 is 1.20 bits per heavy atom. The van der Waals surface area contributed by atoms with Crippen molar-refractivity contribution in [1.82, 2.24) is 14.9 Å². The number of aromatic nitrogens is 2. The Labute approximate surface area is 213 Å². The van der Waals surface area contributed by atoms with E-state index in [1.807, 2.05) is 13.1 Å². The molecule has 2 aromatic heterocycles. The third kappa shape index (κ3) is 7.98. The van der Waals surface area contributed by atoms with Gasteiger partial charge >= 0.3 is 6.18 Å². The molecule has 0 bridgehead atoms. The minimum absolute atomic E-state index is 0.130. The molecule has 0 spiro atoms. The number of alkyl halides is 3. The molecule has 0 aromatic carbocycles. The second-order valence-electron chi connectivity index (χ2n) is 10.1. The summed E-state index contributed by atoms with van der Waals surface area (Å²) in [4.78, 5) is 25.7. The monoisotopic (exact) mass is 529 g/mol. The fraction of sp³-hybridized carbons (Fsp3) is 0.720. The van der Waals surface area contributed by atoms with Crippen molar-refractivity contribution in [2.24, 2.45) is 11.8 Å². The van der Waals surface area contributed by atoms with Crippen LogP contribution < -0.4 is 4.74 Å². The molecule has 5 nitrogen and oxygen atoms in total. The minimum Gasteiger partial charge on any atom is -0.460 e. The first kappa shape index (κ1) is 26.5. The molecule has 0 saturated heterocycles. The molecule has 10 heteroatoms. The Bertz CT molecular complexity index is 983. The van der Waals surface area contributed by atoms with E-state index in [2.05, 4.69) is 21.8 Å². The maximum Gasteiger partial charge on any atom is 0.422 e. The lowest BCUT2D eigenvalue weighted by Gasteiger charge is -2.30. The van der Waals surface area contributed by atoms with Crippen molar-refractivity contribution in [2.75, 3.05) is 26.2 Å². The second kappa shape index (κ2) is 11.7. The largest absolute Gasteiger partial charge is 0.460 e. The highest BCUT2D eigenvalue weighted by molar-refractivity contribution is 7.13. The smallest absolute Gasteiger partial charge is 0.422 e. The minimum atomic E-state index is -4.35. The molecule has 194 valence electrons. The summed E-state index contributed by atoms with van der Waals surface area (Å²) >= 11 is 2.87. The molecule has 1 saturated carbocycles. The van der Waals surface area contributed by atoms with Gasteiger partial charge in [-0.05, 0) is 51.0 Å². The van der Waals surface area contributed by atoms with Crippen LogP contribution in [0.2, 0.25) is 0 Å². The maximum atomic E-state index is 12.4. The molecule has 1 aliphatic heterocycles. The predicted molar refractivity (Wildman–Crippen MR) is 132 cm³/mol. The number of carbonyl (C=O) groups is 1. The summed E-state index contributed by atoms with van der Waals surface area (Å²) < 4.78 is 42.2. The van der Waals surface area contributed by atoms with Crippen molar-refractivity contribution < 1.29 is 22.7 Å². The molecular formula is C25H34F3N3O2S2. The summed E-state index contributed by atoms with van der Waals surface area (Å²) in [6, 6.07) is 0. The van der Waals surface area contributed by atoms with Crippen LogP contribution in [-0.2, 0) is 17.6 Å². The lowest BCUT2D eigenvalue weighted by Crippen LogP contribution is -2.31. The molecule has 0 amide bonds. The van der Waals surface area contributed by atoms with Gasteiger partial charge in [0.2, 0.25) is 0 Å². The average molecular weight is 530 g/mol. The van der Waals surface area contributed by atoms with Gasteiger partial charge in [-0.3, -0.25) is 4.79 Å². The molecule has 1 atom stereocenters. The van der Waals surface area contributed by atoms with Crippen LogP contribution in [0, 0.1) is 18.8 Å². The summed E-state index contributed by atoms with van der Waals surface area (Å²) in [5.41, 5.74) is 0.897. The Balaban J connectivity index is 1.16. The first-order valence-corrected chi connectivity index (χ1v) is 14.1. The third-order valence-corrected chi connectivity index (χ3v) is 9.05. The number of ether oxygens (including phenoxy) is 1. The number of halogens is 3. The maximum absolute atomic E-state index is 12.4. The summed E-state index contributed by atoms with van der Waals surface area (Å²) in [7, 11) is 0. The number of hydrogen-bond acceptors (Lipinski definition) is 7. The summed E-state index contributed by atoms with van der Waals surface area (Å²) in [5.74, 6) is 1.74. The van der Waals surface area contributed by atoms with Crippen molar-refractivity contribution >= 4 is 28.5 Å². The Hall–Kier alpha value is -1.52. The van der Waals surface area contributed by atoms with Crippen LogP contribution in [0.4, 0.5) is 13.2 Å². The van der Waals surface area contributed by atoms with E-state index < -0.39 is 12.8 Å². The number of carbonyl (C=O) groups excluding carboxylic acids is 1. The van der Waals surface area contributed by atoms with Gasteiger partial charge in [-0.25, -0.2) is 9.97 Å². The van der Waals surface area contributed by atoms with E-state index in [0.29, 0.717) is 30.5 Å². The van der Waals surface area contributed by atoms with Gasteiger partial charge in [-0.1, -0.05) is 31.1 Å². The van der Waals surface area contributed by atoms with E-state index in [9.17, 15) is 18.0 Å². The SMILES string of the molecule is Cc1ncc(CC(=O)CC2CCC(CCN3CCc4sc(OCC(F)(F)F)nc4C(C)C3)CC2)s1. The van der Waals surface area contributed by atoms with Crippen molar-refractivity contribution in [3.8, 4) is 5.19 Å². The number of Topliss-reactive ketones (excluding diaryl/α,β-unsaturated/α-hetero) is 1. The van der Waals surface area contributed by atoms with Gasteiger partial charge in [0, 0.05) is 47.8 Å². The van der Waals surface area contributed by atoms with E-state index >= 15 is 0 Å². The molecule has 1 aliphatic carbocycles. The first-order valence-electron chi connectivity index (χ1n) is 12.5. The quantitative estimate of drug-likeness (QED) is 0.387. The first-order chi connectivity index (χ1) is 16.6. The van der Waals surface area contributed by atoms with Crippen LogP contribution in [0.15, 0.2) is 6.20 Å². The van der Waals surface area contributed by atoms with Gasteiger partial charge in [0.1, 0.15) is 5.78 Å². The lowest BCUT2D eigenvalue weighted by molar-refractivity contribution is -0.153. The fourth-order valence-corrected chi connectivity index (χ4v) is 7.14. The molecular weight excluding hydrogens is 495 g/mol. The molecule has 0 N–H and O–H groups in total. The van der Waals surface area contributed by atoms with E-state index in [1.165, 1.54) is 24.2 Å². The van der Waals surface area contributed by atoms with E-state index in [4.69, 9.17) is 4.74 Å². The molecule has 3 heterocycles. The summed E-state index contributed by atoms with van der Waals surface area (Å²) in [6.07, 6.45) is 5.32. The van der Waals surface area contributed by atoms with Crippen molar-refractivity contribution in [3.05, 3.63) is 26.7 Å². The zero-order valence-electron chi connectivity index (χ0n) is 20.4. The zero-order chi connectivity index (χ0) is 25.0. The number of hydrogen-bond donors (Lipinski definition) is 0. The van der Waals surface area contributed by atoms with Crippen LogP contribution in [0.5, 0.6) is 5.19 Å². The molecule has 0 radical (unpaired) electrons. The summed E-state index contributed by atoms with van der Waals surface area (Å²) in [5, 5.41) is 1.14. The number of rotatable bonds is 9. The Morgan fingerprint density at radius 2 is 1.94 bits per heavy atom. The molecule has 2 aliphatic rings. The Morgan fingerprint density at radius 3 is 2.63 bits per heavy atom. The normalized spacial score (nSPS) is 23.6. The summed E-state index contributed by atoms with van der Waals surface area (Å²) in [6.45, 7) is 5.59. The number of aryl methyl sites for hydroxylation is 1. The van der Waals surface area contributed by atoms with Gasteiger partial charge in [0.05, 0.1) is 10.7 Å². The lowest BCUT2D eigenvalue weighted by atomic mass is 9.78. The van der Waals surface area contributed by atoms with Crippen molar-refractivity contribution in [3.63, 3.8) is 0 Å². The van der Waals surface area contributed by atoms with Crippen LogP contribution in [0.1, 0.15) is 71.8 Å². The molecule has 35 heavy (non-hydrogen) atoms. The molecule has 4 rings (SSSR count). The van der Waals surface area contributed by atoms with Gasteiger partial charge < -0.3 is 9.64 Å². The highest BCUT2D eigenvalue weighted by Gasteiger charge is 2.31. The van der Waals surface area contributed by atoms with Crippen LogP contribution >= 0.6 is 22.7 Å². The van der Waals surface area contributed by atoms with Crippen LogP contribution in [-0.4, -0.2) is 53.1 Å². The van der Waals surface area contributed by atoms with Crippen LogP contribution in [0.3, 0.4) is 0 Å². The third-order valence-electron chi connectivity index (χ3n) is 7.10. The van der Waals surface area contributed by atoms with Gasteiger partial charge in [0.15, 0.2) is 6.61 Å². The van der Waals surface area contributed by atoms with Crippen molar-refractivity contribution in [2.45, 2.75) is 77.3 Å². The second-order valence-corrected chi connectivity index (χ2v) is 12.4. The highest BCUT2D eigenvalue weighted by Crippen LogP contribution is 2.36. The molecule has 2 aromatic rings.